The predicted octanol–water partition coefficient (Wildman–Crippen LogP) is 5.80. The predicted molar refractivity (Wildman–Crippen MR) is 231 cm³/mol. The van der Waals surface area contributed by atoms with Crippen LogP contribution < -0.4 is 14.8 Å². The van der Waals surface area contributed by atoms with Crippen molar-refractivity contribution in [2.45, 2.75) is 32.7 Å². The van der Waals surface area contributed by atoms with Crippen LogP contribution in [0.1, 0.15) is 32.3 Å². The number of nitrogens with zero attached hydrogens (tertiary/aromatic N) is 2. The number of ether oxygens (including phenoxy) is 11. The van der Waals surface area contributed by atoms with Crippen LogP contribution in [-0.4, -0.2) is 155 Å². The second kappa shape index (κ2) is 34.1. The number of aliphatic hydroxyl groups is 1. The number of carbonyl (C=O) groups excluding carboxylic acids is 2. The van der Waals surface area contributed by atoms with Gasteiger partial charge in [-0.2, -0.15) is 10.2 Å². The van der Waals surface area contributed by atoms with Crippen molar-refractivity contribution in [2.24, 2.45) is 10.2 Å². The molecule has 17 heteroatoms. The molecule has 0 spiro atoms. The molecule has 0 aromatic heterocycles. The van der Waals surface area contributed by atoms with Crippen LogP contribution in [0.2, 0.25) is 0 Å². The lowest BCUT2D eigenvalue weighted by molar-refractivity contribution is -0.126. The SMILES string of the molecule is CC(=O)C(N=Nc1ccc(OCCOCCOCCOCCOCCOCCOCCOCCOCCOCCO)cc1)C(=O)Nc1ccc(Oc2ccc(C(C)C)cc2)cc1. The highest BCUT2D eigenvalue weighted by Gasteiger charge is 2.23. The fourth-order valence-electron chi connectivity index (χ4n) is 5.07. The zero-order valence-corrected chi connectivity index (χ0v) is 36.4. The van der Waals surface area contributed by atoms with Crippen LogP contribution in [0.5, 0.6) is 17.2 Å². The summed E-state index contributed by atoms with van der Waals surface area (Å²) in [4.78, 5) is 25.2. The quantitative estimate of drug-likeness (QED) is 0.0399. The summed E-state index contributed by atoms with van der Waals surface area (Å²) >= 11 is 0. The molecular formula is C45H65N3O14. The van der Waals surface area contributed by atoms with E-state index in [9.17, 15) is 9.59 Å². The van der Waals surface area contributed by atoms with Crippen LogP contribution in [0.15, 0.2) is 83.0 Å². The minimum absolute atomic E-state index is 0.0139. The number of aliphatic hydroxyl groups excluding tert-OH is 1. The summed E-state index contributed by atoms with van der Waals surface area (Å²) in [6.07, 6.45) is 0. The number of ketones is 1. The van der Waals surface area contributed by atoms with Crippen molar-refractivity contribution in [1.29, 1.82) is 0 Å². The first-order chi connectivity index (χ1) is 30.4. The van der Waals surface area contributed by atoms with Gasteiger partial charge in [0.15, 0.2) is 5.78 Å². The molecule has 0 aliphatic heterocycles. The first-order valence-corrected chi connectivity index (χ1v) is 21.0. The normalized spacial score (nSPS) is 12.0. The molecule has 0 saturated carbocycles. The van der Waals surface area contributed by atoms with Gasteiger partial charge in [-0.25, -0.2) is 0 Å². The first-order valence-electron chi connectivity index (χ1n) is 21.0. The minimum Gasteiger partial charge on any atom is -0.491 e. The summed E-state index contributed by atoms with van der Waals surface area (Å²) in [5.74, 6) is 1.34. The van der Waals surface area contributed by atoms with E-state index in [1.54, 1.807) is 48.5 Å². The van der Waals surface area contributed by atoms with E-state index in [1.807, 2.05) is 24.3 Å². The fraction of sp³-hybridized carbons (Fsp3) is 0.556. The van der Waals surface area contributed by atoms with E-state index in [-0.39, 0.29) is 6.61 Å². The standard InChI is InChI=1S/C45H65N3O14/c1-36(2)38-4-10-42(11-5-38)62-43-14-6-39(7-15-43)46-45(51)44(37(3)50)48-47-40-8-12-41(13-9-40)61-35-34-60-33-32-59-31-30-58-29-28-57-27-26-56-25-24-55-23-22-54-21-20-53-19-18-52-17-16-49/h4-15,36,44,49H,16-35H2,1-3H3,(H,46,51). The van der Waals surface area contributed by atoms with Gasteiger partial charge in [0, 0.05) is 5.69 Å². The second-order valence-electron chi connectivity index (χ2n) is 13.6. The Morgan fingerprint density at radius 1 is 0.516 bits per heavy atom. The number of amides is 1. The molecule has 3 rings (SSSR count). The van der Waals surface area contributed by atoms with E-state index in [4.69, 9.17) is 57.2 Å². The van der Waals surface area contributed by atoms with Crippen LogP contribution in [-0.2, 0) is 52.2 Å². The number of anilines is 1. The molecule has 1 amide bonds. The number of benzene rings is 3. The van der Waals surface area contributed by atoms with Gasteiger partial charge in [-0.1, -0.05) is 26.0 Å². The zero-order valence-electron chi connectivity index (χ0n) is 36.4. The third kappa shape index (κ3) is 24.9. The summed E-state index contributed by atoms with van der Waals surface area (Å²) in [5, 5.41) is 19.5. The summed E-state index contributed by atoms with van der Waals surface area (Å²) in [6.45, 7) is 14.1. The highest BCUT2D eigenvalue weighted by Crippen LogP contribution is 2.25. The molecule has 0 aliphatic carbocycles. The van der Waals surface area contributed by atoms with Gasteiger partial charge in [0.2, 0.25) is 6.04 Å². The molecule has 17 nitrogen and oxygen atoms in total. The molecule has 0 radical (unpaired) electrons. The molecule has 344 valence electrons. The molecule has 1 unspecified atom stereocenters. The molecule has 3 aromatic rings. The number of rotatable bonds is 38. The summed E-state index contributed by atoms with van der Waals surface area (Å²) < 4.78 is 60.5. The Morgan fingerprint density at radius 2 is 0.887 bits per heavy atom. The maximum atomic E-state index is 12.9. The molecular weight excluding hydrogens is 807 g/mol. The Balaban J connectivity index is 1.11. The number of carbonyl (C=O) groups is 2. The zero-order chi connectivity index (χ0) is 44.3. The van der Waals surface area contributed by atoms with Crippen LogP contribution in [0.4, 0.5) is 11.4 Å². The van der Waals surface area contributed by atoms with E-state index in [1.165, 1.54) is 12.5 Å². The Morgan fingerprint density at radius 3 is 1.27 bits per heavy atom. The summed E-state index contributed by atoms with van der Waals surface area (Å²) in [7, 11) is 0. The number of nitrogens with one attached hydrogen (secondary N) is 1. The molecule has 2 N–H and O–H groups in total. The average Bonchev–Trinajstić information content (AvgIpc) is 3.27. The van der Waals surface area contributed by atoms with Gasteiger partial charge in [-0.3, -0.25) is 9.59 Å². The van der Waals surface area contributed by atoms with E-state index >= 15 is 0 Å². The van der Waals surface area contributed by atoms with E-state index in [0.717, 1.165) is 0 Å². The smallest absolute Gasteiger partial charge is 0.258 e. The Hall–Kier alpha value is -4.40. The van der Waals surface area contributed by atoms with Gasteiger partial charge in [-0.15, -0.1) is 0 Å². The van der Waals surface area contributed by atoms with Crippen LogP contribution in [0.3, 0.4) is 0 Å². The van der Waals surface area contributed by atoms with Gasteiger partial charge in [0.05, 0.1) is 131 Å². The van der Waals surface area contributed by atoms with Gasteiger partial charge in [0.25, 0.3) is 5.91 Å². The lowest BCUT2D eigenvalue weighted by atomic mass is 10.0. The molecule has 0 aliphatic rings. The van der Waals surface area contributed by atoms with Crippen LogP contribution in [0.25, 0.3) is 0 Å². The number of Topliss-reactive ketones (excluding diaryl/α,β-unsaturated/α-hetero) is 1. The molecule has 1 atom stereocenters. The molecule has 0 saturated heterocycles. The largest absolute Gasteiger partial charge is 0.491 e. The van der Waals surface area contributed by atoms with Crippen LogP contribution >= 0.6 is 0 Å². The molecule has 0 fully saturated rings. The lowest BCUT2D eigenvalue weighted by Crippen LogP contribution is -2.31. The van der Waals surface area contributed by atoms with Gasteiger partial charge >= 0.3 is 0 Å². The monoisotopic (exact) mass is 871 g/mol. The minimum atomic E-state index is -1.31. The average molecular weight is 872 g/mol. The third-order valence-electron chi connectivity index (χ3n) is 8.37. The van der Waals surface area contributed by atoms with Crippen molar-refractivity contribution in [1.82, 2.24) is 0 Å². The van der Waals surface area contributed by atoms with Crippen molar-refractivity contribution >= 4 is 23.1 Å². The second-order valence-corrected chi connectivity index (χ2v) is 13.6. The molecule has 0 bridgehead atoms. The molecule has 0 heterocycles. The van der Waals surface area contributed by atoms with Gasteiger partial charge in [0.1, 0.15) is 23.9 Å². The Labute approximate surface area is 365 Å². The topological polar surface area (TPSA) is 193 Å². The van der Waals surface area contributed by atoms with Crippen molar-refractivity contribution in [2.75, 3.05) is 137 Å². The van der Waals surface area contributed by atoms with Crippen molar-refractivity contribution < 1.29 is 66.8 Å². The molecule has 3 aromatic carbocycles. The van der Waals surface area contributed by atoms with Crippen molar-refractivity contribution in [3.63, 3.8) is 0 Å². The summed E-state index contributed by atoms with van der Waals surface area (Å²) in [5.41, 5.74) is 2.18. The van der Waals surface area contributed by atoms with Gasteiger partial charge in [-0.05, 0) is 79.1 Å². The fourth-order valence-corrected chi connectivity index (χ4v) is 5.07. The lowest BCUT2D eigenvalue weighted by Gasteiger charge is -2.11. The first kappa shape index (κ1) is 51.9. The van der Waals surface area contributed by atoms with Crippen molar-refractivity contribution in [3.8, 4) is 17.2 Å². The number of hydrogen-bond acceptors (Lipinski definition) is 16. The summed E-state index contributed by atoms with van der Waals surface area (Å²) in [6, 6.07) is 20.3. The van der Waals surface area contributed by atoms with Crippen LogP contribution in [0, 0.1) is 0 Å². The molecule has 62 heavy (non-hydrogen) atoms. The third-order valence-corrected chi connectivity index (χ3v) is 8.37. The van der Waals surface area contributed by atoms with Crippen molar-refractivity contribution in [3.05, 3.63) is 78.4 Å². The van der Waals surface area contributed by atoms with E-state index in [0.29, 0.717) is 160 Å². The Kier molecular flexibility index (Phi) is 28.6. The number of azo groups is 1. The maximum absolute atomic E-state index is 12.9. The maximum Gasteiger partial charge on any atom is 0.258 e. The highest BCUT2D eigenvalue weighted by atomic mass is 16.6. The highest BCUT2D eigenvalue weighted by molar-refractivity contribution is 6.10. The van der Waals surface area contributed by atoms with E-state index in [2.05, 4.69) is 29.4 Å². The van der Waals surface area contributed by atoms with E-state index < -0.39 is 17.7 Å². The Bertz CT molecular complexity index is 1610. The number of hydrogen-bond donors (Lipinski definition) is 2. The van der Waals surface area contributed by atoms with Gasteiger partial charge < -0.3 is 62.5 Å².